The maximum Gasteiger partial charge on any atom is 1.00 e. The van der Waals surface area contributed by atoms with E-state index in [9.17, 15) is 4.57 Å². The van der Waals surface area contributed by atoms with E-state index >= 15 is 0 Å². The van der Waals surface area contributed by atoms with E-state index in [4.69, 9.17) is 4.89 Å². The molecule has 1 atom stereocenters. The summed E-state index contributed by atoms with van der Waals surface area (Å²) in [6.07, 6.45) is 3.03. The number of hydrogen-bond acceptors (Lipinski definition) is 2. The van der Waals surface area contributed by atoms with Crippen LogP contribution in [-0.2, 0) is 9.09 Å². The van der Waals surface area contributed by atoms with Crippen molar-refractivity contribution in [1.29, 1.82) is 0 Å². The summed E-state index contributed by atoms with van der Waals surface area (Å²) < 4.78 is 14.3. The zero-order valence-corrected chi connectivity index (χ0v) is 12.3. The van der Waals surface area contributed by atoms with Gasteiger partial charge in [-0.05, 0) is 6.42 Å². The fourth-order valence-corrected chi connectivity index (χ4v) is 0.780. The molecule has 0 aromatic heterocycles. The van der Waals surface area contributed by atoms with Crippen LogP contribution in [0.1, 0.15) is 27.6 Å². The average molecular weight is 238 g/mol. The van der Waals surface area contributed by atoms with Crippen molar-refractivity contribution >= 4 is 8.25 Å². The molecule has 56 valence electrons. The van der Waals surface area contributed by atoms with E-state index in [1.807, 2.05) is 0 Å². The van der Waals surface area contributed by atoms with Gasteiger partial charge in [0.15, 0.2) is 0 Å². The molecule has 1 N–H and O–H groups in total. The molecule has 0 aliphatic heterocycles. The first-order chi connectivity index (χ1) is 4.27. The Morgan fingerprint density at radius 2 is 2.20 bits per heavy atom. The van der Waals surface area contributed by atoms with Crippen molar-refractivity contribution in [2.24, 2.45) is 0 Å². The van der Waals surface area contributed by atoms with E-state index in [-0.39, 0.29) is 59.6 Å². The zero-order chi connectivity index (χ0) is 7.11. The van der Waals surface area contributed by atoms with Crippen LogP contribution in [0.2, 0.25) is 0 Å². The van der Waals surface area contributed by atoms with Crippen LogP contribution in [0.25, 0.3) is 0 Å². The van der Waals surface area contributed by atoms with Gasteiger partial charge in [0.25, 0.3) is 0 Å². The van der Waals surface area contributed by atoms with Crippen molar-refractivity contribution < 1.29 is 73.6 Å². The van der Waals surface area contributed by atoms with E-state index in [0.717, 1.165) is 19.3 Å². The van der Waals surface area contributed by atoms with Gasteiger partial charge in [0.2, 0.25) is 0 Å². The minimum absolute atomic E-state index is 0. The van der Waals surface area contributed by atoms with Crippen LogP contribution in [0.15, 0.2) is 0 Å². The van der Waals surface area contributed by atoms with E-state index in [2.05, 4.69) is 11.4 Å². The third-order valence-electron chi connectivity index (χ3n) is 0.950. The average Bonchev–Trinajstić information content (AvgIpc) is 1.80. The topological polar surface area (TPSA) is 46.5 Å². The minimum Gasteiger partial charge on any atom is -1.00 e. The Kier molecular flexibility index (Phi) is 15.5. The van der Waals surface area contributed by atoms with Crippen LogP contribution in [-0.4, -0.2) is 11.5 Å². The van der Waals surface area contributed by atoms with Crippen LogP contribution >= 0.6 is 8.25 Å². The van der Waals surface area contributed by atoms with Gasteiger partial charge < -0.3 is 1.43 Å². The van der Waals surface area contributed by atoms with Crippen molar-refractivity contribution in [3.63, 3.8) is 0 Å². The summed E-state index contributed by atoms with van der Waals surface area (Å²) in [6, 6.07) is 0. The molecule has 0 rings (SSSR count). The summed E-state index contributed by atoms with van der Waals surface area (Å²) in [7, 11) is -2.37. The SMILES string of the molecule is CCCCCO[P+](=O)O.[H-].[Rb+]. The summed E-state index contributed by atoms with van der Waals surface area (Å²) in [5.74, 6) is 0. The molecule has 1 unspecified atom stereocenters. The van der Waals surface area contributed by atoms with Crippen molar-refractivity contribution in [2.45, 2.75) is 26.2 Å². The van der Waals surface area contributed by atoms with Gasteiger partial charge >= 0.3 is 66.4 Å². The molecule has 10 heavy (non-hydrogen) atoms. The van der Waals surface area contributed by atoms with Crippen LogP contribution in [0.5, 0.6) is 0 Å². The van der Waals surface area contributed by atoms with Crippen molar-refractivity contribution in [2.75, 3.05) is 6.61 Å². The molecule has 5 heteroatoms. The molecule has 0 aromatic carbocycles. The molecule has 0 fully saturated rings. The number of rotatable bonds is 5. The van der Waals surface area contributed by atoms with Crippen molar-refractivity contribution in [1.82, 2.24) is 0 Å². The molecule has 0 aromatic rings. The fourth-order valence-electron chi connectivity index (χ4n) is 0.495. The zero-order valence-electron chi connectivity index (χ0n) is 7.54. The Balaban J connectivity index is -0.000000320. The quantitative estimate of drug-likeness (QED) is 0.491. The second-order valence-electron chi connectivity index (χ2n) is 1.78. The second kappa shape index (κ2) is 10.8. The Labute approximate surface area is 113 Å². The van der Waals surface area contributed by atoms with Crippen LogP contribution in [0, 0.1) is 0 Å². The molecule has 0 heterocycles. The maximum absolute atomic E-state index is 9.89. The third-order valence-corrected chi connectivity index (χ3v) is 1.35. The molecule has 0 radical (unpaired) electrons. The van der Waals surface area contributed by atoms with Gasteiger partial charge in [-0.25, -0.2) is 0 Å². The van der Waals surface area contributed by atoms with Gasteiger partial charge in [-0.15, -0.1) is 9.42 Å². The van der Waals surface area contributed by atoms with E-state index in [1.54, 1.807) is 0 Å². The first kappa shape index (κ1) is 14.4. The van der Waals surface area contributed by atoms with Gasteiger partial charge in [0.05, 0.1) is 0 Å². The first-order valence-electron chi connectivity index (χ1n) is 3.06. The Bertz CT molecular complexity index is 93.8. The predicted octanol–water partition coefficient (Wildman–Crippen LogP) is -1.04. The van der Waals surface area contributed by atoms with Crippen LogP contribution in [0.4, 0.5) is 0 Å². The minimum atomic E-state index is -2.37. The first-order valence-corrected chi connectivity index (χ1v) is 4.19. The Morgan fingerprint density at radius 3 is 2.60 bits per heavy atom. The molecule has 0 saturated heterocycles. The molecule has 3 nitrogen and oxygen atoms in total. The summed E-state index contributed by atoms with van der Waals surface area (Å²) in [5, 5.41) is 0. The van der Waals surface area contributed by atoms with Gasteiger partial charge in [0, 0.05) is 4.57 Å². The smallest absolute Gasteiger partial charge is 1.00 e. The Hall–Kier alpha value is 1.83. The van der Waals surface area contributed by atoms with Crippen LogP contribution < -0.4 is 58.2 Å². The molecule has 0 amide bonds. The third kappa shape index (κ3) is 12.5. The van der Waals surface area contributed by atoms with Crippen LogP contribution in [0.3, 0.4) is 0 Å². The van der Waals surface area contributed by atoms with E-state index in [1.165, 1.54) is 0 Å². The standard InChI is InChI=1S/C5H11O3P.Rb.H/c1-2-3-4-5-8-9(6)7;;/h2-5H2,1H3;;/q;+1;-1/p+1. The molecule has 0 aliphatic rings. The normalized spacial score (nSPS) is 10.4. The largest absolute Gasteiger partial charge is 1.00 e. The van der Waals surface area contributed by atoms with Gasteiger partial charge in [-0.1, -0.05) is 19.8 Å². The molecule has 0 spiro atoms. The van der Waals surface area contributed by atoms with Crippen molar-refractivity contribution in [3.8, 4) is 0 Å². The van der Waals surface area contributed by atoms with Gasteiger partial charge in [-0.2, -0.15) is 0 Å². The maximum atomic E-state index is 9.89. The molecular weight excluding hydrogens is 224 g/mol. The van der Waals surface area contributed by atoms with Gasteiger partial charge in [-0.3, -0.25) is 0 Å². The van der Waals surface area contributed by atoms with E-state index < -0.39 is 8.25 Å². The molecule has 0 aliphatic carbocycles. The summed E-state index contributed by atoms with van der Waals surface area (Å²) in [4.78, 5) is 8.14. The number of unbranched alkanes of at least 4 members (excludes halogenated alkanes) is 2. The summed E-state index contributed by atoms with van der Waals surface area (Å²) >= 11 is 0. The monoisotopic (exact) mass is 237 g/mol. The molecular formula is C5H13O3PRb+. The molecule has 0 saturated carbocycles. The predicted molar refractivity (Wildman–Crippen MR) is 36.4 cm³/mol. The van der Waals surface area contributed by atoms with E-state index in [0.29, 0.717) is 6.61 Å². The molecule has 0 bridgehead atoms. The van der Waals surface area contributed by atoms with Crippen molar-refractivity contribution in [3.05, 3.63) is 0 Å². The Morgan fingerprint density at radius 1 is 1.60 bits per heavy atom. The fraction of sp³-hybridized carbons (Fsp3) is 1.00. The van der Waals surface area contributed by atoms with Gasteiger partial charge in [0.1, 0.15) is 6.61 Å². The second-order valence-corrected chi connectivity index (χ2v) is 2.51. The number of hydrogen-bond donors (Lipinski definition) is 1. The summed E-state index contributed by atoms with van der Waals surface area (Å²) in [5.41, 5.74) is 0. The summed E-state index contributed by atoms with van der Waals surface area (Å²) in [6.45, 7) is 2.47.